The van der Waals surface area contributed by atoms with Gasteiger partial charge in [0, 0.05) is 18.8 Å². The lowest BCUT2D eigenvalue weighted by atomic mass is 9.81. The van der Waals surface area contributed by atoms with Gasteiger partial charge in [-0.3, -0.25) is 0 Å². The van der Waals surface area contributed by atoms with E-state index in [2.05, 4.69) is 37.7 Å². The Morgan fingerprint density at radius 1 is 1.35 bits per heavy atom. The Morgan fingerprint density at radius 2 is 2.05 bits per heavy atom. The van der Waals surface area contributed by atoms with Gasteiger partial charge in [0.15, 0.2) is 0 Å². The molecule has 0 saturated carbocycles. The molecule has 112 valence electrons. The van der Waals surface area contributed by atoms with Gasteiger partial charge in [-0.05, 0) is 35.4 Å². The highest BCUT2D eigenvalue weighted by Gasteiger charge is 2.26. The molecule has 2 rings (SSSR count). The molecule has 0 unspecified atom stereocenters. The maximum absolute atomic E-state index is 12.4. The van der Waals surface area contributed by atoms with E-state index in [0.717, 1.165) is 18.7 Å². The smallest absolute Gasteiger partial charge is 0.240 e. The zero-order chi connectivity index (χ0) is 15.0. The Morgan fingerprint density at radius 3 is 2.70 bits per heavy atom. The lowest BCUT2D eigenvalue weighted by molar-refractivity contribution is 0.252. The summed E-state index contributed by atoms with van der Waals surface area (Å²) in [5.41, 5.74) is 2.06. The van der Waals surface area contributed by atoms with Gasteiger partial charge in [0.2, 0.25) is 10.0 Å². The quantitative estimate of drug-likeness (QED) is 0.878. The first kappa shape index (κ1) is 15.3. The van der Waals surface area contributed by atoms with Crippen molar-refractivity contribution in [2.75, 3.05) is 18.4 Å². The molecular formula is C15H24N2O2S. The van der Waals surface area contributed by atoms with Crippen LogP contribution >= 0.6 is 0 Å². The number of rotatable bonds is 5. The molecule has 0 aromatic heterocycles. The van der Waals surface area contributed by atoms with Crippen molar-refractivity contribution in [2.24, 2.45) is 11.3 Å². The van der Waals surface area contributed by atoms with Crippen LogP contribution in [-0.4, -0.2) is 21.5 Å². The van der Waals surface area contributed by atoms with E-state index in [-0.39, 0.29) is 5.41 Å². The Kier molecular flexibility index (Phi) is 4.12. The van der Waals surface area contributed by atoms with Crippen LogP contribution in [0.25, 0.3) is 0 Å². The SMILES string of the molecule is CC(C)C(C)(C)CNS(=O)(=O)c1ccc2c(c1)NCC2. The van der Waals surface area contributed by atoms with Crippen molar-refractivity contribution in [3.05, 3.63) is 23.8 Å². The Balaban J connectivity index is 2.15. The molecule has 1 aliphatic heterocycles. The minimum absolute atomic E-state index is 0.0674. The third kappa shape index (κ3) is 3.15. The number of sulfonamides is 1. The standard InChI is InChI=1S/C15H24N2O2S/c1-11(2)15(3,4)10-17-20(18,19)13-6-5-12-7-8-16-14(12)9-13/h5-6,9,11,16-17H,7-8,10H2,1-4H3. The molecule has 0 atom stereocenters. The highest BCUT2D eigenvalue weighted by atomic mass is 32.2. The average molecular weight is 296 g/mol. The number of nitrogens with one attached hydrogen (secondary N) is 2. The summed E-state index contributed by atoms with van der Waals surface area (Å²) in [6.45, 7) is 9.68. The first-order chi connectivity index (χ1) is 9.22. The molecule has 1 aliphatic rings. The van der Waals surface area contributed by atoms with Crippen LogP contribution in [0, 0.1) is 11.3 Å². The van der Waals surface area contributed by atoms with E-state index in [4.69, 9.17) is 0 Å². The molecule has 1 aromatic carbocycles. The molecule has 0 amide bonds. The second kappa shape index (κ2) is 5.37. The number of hydrogen-bond donors (Lipinski definition) is 2. The number of hydrogen-bond acceptors (Lipinski definition) is 3. The van der Waals surface area contributed by atoms with Gasteiger partial charge >= 0.3 is 0 Å². The monoisotopic (exact) mass is 296 g/mol. The van der Waals surface area contributed by atoms with Gasteiger partial charge in [0.1, 0.15) is 0 Å². The van der Waals surface area contributed by atoms with Crippen LogP contribution in [0.5, 0.6) is 0 Å². The lowest BCUT2D eigenvalue weighted by Crippen LogP contribution is -2.36. The fourth-order valence-corrected chi connectivity index (χ4v) is 3.25. The Labute approximate surface area is 122 Å². The van der Waals surface area contributed by atoms with Gasteiger partial charge < -0.3 is 5.32 Å². The summed E-state index contributed by atoms with van der Waals surface area (Å²) in [5, 5.41) is 3.21. The van der Waals surface area contributed by atoms with Gasteiger partial charge in [-0.1, -0.05) is 33.8 Å². The second-order valence-electron chi connectivity index (χ2n) is 6.46. The zero-order valence-corrected chi connectivity index (χ0v) is 13.5. The third-order valence-corrected chi connectivity index (χ3v) is 5.78. The molecule has 0 aliphatic carbocycles. The van der Waals surface area contributed by atoms with Crippen molar-refractivity contribution in [2.45, 2.75) is 39.0 Å². The second-order valence-corrected chi connectivity index (χ2v) is 8.23. The van der Waals surface area contributed by atoms with E-state index in [1.165, 1.54) is 5.56 Å². The van der Waals surface area contributed by atoms with E-state index >= 15 is 0 Å². The van der Waals surface area contributed by atoms with Crippen LogP contribution in [0.4, 0.5) is 5.69 Å². The van der Waals surface area contributed by atoms with E-state index in [0.29, 0.717) is 17.4 Å². The molecular weight excluding hydrogens is 272 g/mol. The molecule has 20 heavy (non-hydrogen) atoms. The first-order valence-electron chi connectivity index (χ1n) is 7.09. The first-order valence-corrected chi connectivity index (χ1v) is 8.57. The van der Waals surface area contributed by atoms with Crippen molar-refractivity contribution < 1.29 is 8.42 Å². The summed E-state index contributed by atoms with van der Waals surface area (Å²) < 4.78 is 27.5. The van der Waals surface area contributed by atoms with Crippen LogP contribution in [0.3, 0.4) is 0 Å². The van der Waals surface area contributed by atoms with Gasteiger partial charge in [0.25, 0.3) is 0 Å². The van der Waals surface area contributed by atoms with Crippen molar-refractivity contribution in [3.8, 4) is 0 Å². The molecule has 5 heteroatoms. The molecule has 2 N–H and O–H groups in total. The van der Waals surface area contributed by atoms with Crippen molar-refractivity contribution in [1.82, 2.24) is 4.72 Å². The number of anilines is 1. The summed E-state index contributed by atoms with van der Waals surface area (Å²) >= 11 is 0. The summed E-state index contributed by atoms with van der Waals surface area (Å²) in [6.07, 6.45) is 0.962. The summed E-state index contributed by atoms with van der Waals surface area (Å²) in [5.74, 6) is 0.409. The van der Waals surface area contributed by atoms with Crippen molar-refractivity contribution >= 4 is 15.7 Å². The third-order valence-electron chi connectivity index (χ3n) is 4.38. The van der Waals surface area contributed by atoms with Crippen LogP contribution in [0.2, 0.25) is 0 Å². The van der Waals surface area contributed by atoms with E-state index < -0.39 is 10.0 Å². The van der Waals surface area contributed by atoms with Gasteiger partial charge in [-0.25, -0.2) is 13.1 Å². The van der Waals surface area contributed by atoms with Crippen molar-refractivity contribution in [3.63, 3.8) is 0 Å². The van der Waals surface area contributed by atoms with E-state index in [1.807, 2.05) is 6.07 Å². The summed E-state index contributed by atoms with van der Waals surface area (Å²) in [4.78, 5) is 0.338. The molecule has 0 radical (unpaired) electrons. The normalized spacial score (nSPS) is 15.2. The summed E-state index contributed by atoms with van der Waals surface area (Å²) in [7, 11) is -3.44. The molecule has 1 heterocycles. The van der Waals surface area contributed by atoms with Gasteiger partial charge in [-0.15, -0.1) is 0 Å². The van der Waals surface area contributed by atoms with Gasteiger partial charge in [-0.2, -0.15) is 0 Å². The zero-order valence-electron chi connectivity index (χ0n) is 12.7. The van der Waals surface area contributed by atoms with Gasteiger partial charge in [0.05, 0.1) is 4.90 Å². The molecule has 1 aromatic rings. The minimum Gasteiger partial charge on any atom is -0.384 e. The maximum atomic E-state index is 12.4. The highest BCUT2D eigenvalue weighted by molar-refractivity contribution is 7.89. The molecule has 0 saturated heterocycles. The minimum atomic E-state index is -3.44. The summed E-state index contributed by atoms with van der Waals surface area (Å²) in [6, 6.07) is 5.32. The fraction of sp³-hybridized carbons (Fsp3) is 0.600. The predicted molar refractivity (Wildman–Crippen MR) is 82.4 cm³/mol. The average Bonchev–Trinajstić information content (AvgIpc) is 2.83. The molecule has 0 bridgehead atoms. The van der Waals surface area contributed by atoms with Crippen LogP contribution < -0.4 is 10.0 Å². The van der Waals surface area contributed by atoms with Crippen molar-refractivity contribution in [1.29, 1.82) is 0 Å². The van der Waals surface area contributed by atoms with Crippen LogP contribution in [-0.2, 0) is 16.4 Å². The van der Waals surface area contributed by atoms with E-state index in [1.54, 1.807) is 12.1 Å². The largest absolute Gasteiger partial charge is 0.384 e. The molecule has 4 nitrogen and oxygen atoms in total. The molecule has 0 spiro atoms. The molecule has 0 fully saturated rings. The van der Waals surface area contributed by atoms with E-state index in [9.17, 15) is 8.42 Å². The maximum Gasteiger partial charge on any atom is 0.240 e. The fourth-order valence-electron chi connectivity index (χ4n) is 2.01. The Hall–Kier alpha value is -1.07. The topological polar surface area (TPSA) is 58.2 Å². The number of fused-ring (bicyclic) bond motifs is 1. The lowest BCUT2D eigenvalue weighted by Gasteiger charge is -2.29. The van der Waals surface area contributed by atoms with Crippen LogP contribution in [0.15, 0.2) is 23.1 Å². The predicted octanol–water partition coefficient (Wildman–Crippen LogP) is 2.62. The highest BCUT2D eigenvalue weighted by Crippen LogP contribution is 2.27. The Bertz CT molecular complexity index is 592. The van der Waals surface area contributed by atoms with Crippen LogP contribution in [0.1, 0.15) is 33.3 Å². The number of benzene rings is 1.